The van der Waals surface area contributed by atoms with Gasteiger partial charge in [-0.05, 0) is 79.9 Å². The van der Waals surface area contributed by atoms with Gasteiger partial charge in [-0.25, -0.2) is 4.85 Å². The summed E-state index contributed by atoms with van der Waals surface area (Å²) in [4.78, 5) is 20.0. The largest absolute Gasteiger partial charge is 0.376 e. The second-order valence-electron chi connectivity index (χ2n) is 8.04. The lowest BCUT2D eigenvalue weighted by Gasteiger charge is -2.28. The molecule has 0 bridgehead atoms. The lowest BCUT2D eigenvalue weighted by Crippen LogP contribution is -2.31. The topological polar surface area (TPSA) is 37.1 Å². The summed E-state index contributed by atoms with van der Waals surface area (Å²) < 4.78 is 6.03. The first-order valence-corrected chi connectivity index (χ1v) is 10.1. The van der Waals surface area contributed by atoms with E-state index in [1.54, 1.807) is 25.1 Å². The van der Waals surface area contributed by atoms with Gasteiger partial charge >= 0.3 is 0 Å². The number of amides is 1. The summed E-state index contributed by atoms with van der Waals surface area (Å²) in [5, 5.41) is 0. The van der Waals surface area contributed by atoms with Crippen molar-refractivity contribution in [3.8, 4) is 11.1 Å². The van der Waals surface area contributed by atoms with Gasteiger partial charge in [0, 0.05) is 26.3 Å². The maximum absolute atomic E-state index is 12.6. The van der Waals surface area contributed by atoms with Gasteiger partial charge < -0.3 is 14.5 Å². The van der Waals surface area contributed by atoms with E-state index in [2.05, 4.69) is 22.9 Å². The standard InChI is InChI=1S/C24H29N3O2/c1-25-23-7-5-6-20(15-23)21-12-19(13-22(14-21)24(28)26(2)3)17-29-16-18-8-10-27(4)11-9-18/h5-7,12-15,18H,8-11,16-17H2,2-4H3. The zero-order chi connectivity index (χ0) is 20.8. The van der Waals surface area contributed by atoms with Crippen LogP contribution in [-0.2, 0) is 11.3 Å². The van der Waals surface area contributed by atoms with E-state index in [9.17, 15) is 4.79 Å². The van der Waals surface area contributed by atoms with E-state index in [-0.39, 0.29) is 5.91 Å². The van der Waals surface area contributed by atoms with E-state index < -0.39 is 0 Å². The third kappa shape index (κ3) is 5.66. The van der Waals surface area contributed by atoms with Gasteiger partial charge in [0.15, 0.2) is 5.69 Å². The lowest BCUT2D eigenvalue weighted by atomic mass is 9.98. The number of likely N-dealkylation sites (tertiary alicyclic amines) is 1. The van der Waals surface area contributed by atoms with Crippen molar-refractivity contribution in [3.63, 3.8) is 0 Å². The van der Waals surface area contributed by atoms with Gasteiger partial charge in [0.1, 0.15) is 0 Å². The zero-order valence-corrected chi connectivity index (χ0v) is 17.5. The molecule has 2 aromatic rings. The molecule has 0 aliphatic carbocycles. The highest BCUT2D eigenvalue weighted by molar-refractivity contribution is 5.95. The van der Waals surface area contributed by atoms with Crippen LogP contribution < -0.4 is 0 Å². The van der Waals surface area contributed by atoms with Crippen LogP contribution in [0.25, 0.3) is 16.0 Å². The number of benzene rings is 2. The van der Waals surface area contributed by atoms with Crippen LogP contribution in [0.5, 0.6) is 0 Å². The fraction of sp³-hybridized carbons (Fsp3) is 0.417. The molecular formula is C24H29N3O2. The van der Waals surface area contributed by atoms with E-state index in [1.807, 2.05) is 30.3 Å². The summed E-state index contributed by atoms with van der Waals surface area (Å²) in [5.41, 5.74) is 4.07. The molecule has 1 heterocycles. The Morgan fingerprint density at radius 1 is 1.17 bits per heavy atom. The fourth-order valence-corrected chi connectivity index (χ4v) is 3.65. The van der Waals surface area contributed by atoms with Crippen LogP contribution in [0.1, 0.15) is 28.8 Å². The molecule has 29 heavy (non-hydrogen) atoms. The zero-order valence-electron chi connectivity index (χ0n) is 17.5. The molecule has 152 valence electrons. The van der Waals surface area contributed by atoms with E-state index in [4.69, 9.17) is 11.3 Å². The second-order valence-corrected chi connectivity index (χ2v) is 8.04. The summed E-state index contributed by atoms with van der Waals surface area (Å²) in [7, 11) is 5.67. The van der Waals surface area contributed by atoms with Crippen molar-refractivity contribution in [2.75, 3.05) is 40.8 Å². The van der Waals surface area contributed by atoms with Gasteiger partial charge in [0.25, 0.3) is 5.91 Å². The van der Waals surface area contributed by atoms with Crippen LogP contribution >= 0.6 is 0 Å². The first-order valence-electron chi connectivity index (χ1n) is 10.1. The smallest absolute Gasteiger partial charge is 0.253 e. The number of piperidine rings is 1. The monoisotopic (exact) mass is 391 g/mol. The predicted molar refractivity (Wildman–Crippen MR) is 116 cm³/mol. The maximum atomic E-state index is 12.6. The van der Waals surface area contributed by atoms with Crippen molar-refractivity contribution in [1.82, 2.24) is 9.80 Å². The average Bonchev–Trinajstić information content (AvgIpc) is 2.74. The minimum atomic E-state index is -0.0373. The molecule has 1 aliphatic heterocycles. The summed E-state index contributed by atoms with van der Waals surface area (Å²) in [6.45, 7) is 10.7. The number of ether oxygens (including phenoxy) is 1. The SMILES string of the molecule is [C-]#[N+]c1cccc(-c2cc(COCC3CCN(C)CC3)cc(C(=O)N(C)C)c2)c1. The Labute approximate surface area is 173 Å². The van der Waals surface area contributed by atoms with Crippen LogP contribution in [0.15, 0.2) is 42.5 Å². The van der Waals surface area contributed by atoms with Gasteiger partial charge in [-0.2, -0.15) is 0 Å². The summed E-state index contributed by atoms with van der Waals surface area (Å²) in [6, 6.07) is 13.4. The third-order valence-corrected chi connectivity index (χ3v) is 5.41. The van der Waals surface area contributed by atoms with Crippen molar-refractivity contribution in [2.24, 2.45) is 5.92 Å². The molecule has 2 aromatic carbocycles. The van der Waals surface area contributed by atoms with Crippen molar-refractivity contribution in [3.05, 3.63) is 65.0 Å². The molecule has 3 rings (SSSR count). The van der Waals surface area contributed by atoms with Crippen LogP contribution in [0.3, 0.4) is 0 Å². The molecule has 1 aliphatic rings. The molecule has 0 radical (unpaired) electrons. The van der Waals surface area contributed by atoms with E-state index in [0.29, 0.717) is 23.8 Å². The number of carbonyl (C=O) groups is 1. The number of rotatable bonds is 6. The molecule has 0 unspecified atom stereocenters. The Balaban J connectivity index is 1.79. The molecule has 0 aromatic heterocycles. The molecule has 1 amide bonds. The maximum Gasteiger partial charge on any atom is 0.253 e. The number of hydrogen-bond donors (Lipinski definition) is 0. The van der Waals surface area contributed by atoms with Crippen molar-refractivity contribution >= 4 is 11.6 Å². The van der Waals surface area contributed by atoms with E-state index in [1.165, 1.54) is 12.8 Å². The number of carbonyl (C=O) groups excluding carboxylic acids is 1. The van der Waals surface area contributed by atoms with Crippen LogP contribution in [0.4, 0.5) is 5.69 Å². The molecule has 1 saturated heterocycles. The fourth-order valence-electron chi connectivity index (χ4n) is 3.65. The van der Waals surface area contributed by atoms with Crippen molar-refractivity contribution in [1.29, 1.82) is 0 Å². The van der Waals surface area contributed by atoms with Gasteiger partial charge in [0.05, 0.1) is 13.2 Å². The van der Waals surface area contributed by atoms with Gasteiger partial charge in [0.2, 0.25) is 0 Å². The van der Waals surface area contributed by atoms with Crippen LogP contribution in [0.2, 0.25) is 0 Å². The first kappa shape index (κ1) is 21.0. The Kier molecular flexibility index (Phi) is 7.03. The third-order valence-electron chi connectivity index (χ3n) is 5.41. The van der Waals surface area contributed by atoms with Crippen molar-refractivity contribution in [2.45, 2.75) is 19.4 Å². The number of hydrogen-bond acceptors (Lipinski definition) is 3. The Bertz CT molecular complexity index is 893. The van der Waals surface area contributed by atoms with Gasteiger partial charge in [-0.1, -0.05) is 18.2 Å². The molecule has 1 fully saturated rings. The Morgan fingerprint density at radius 3 is 2.62 bits per heavy atom. The van der Waals surface area contributed by atoms with Crippen molar-refractivity contribution < 1.29 is 9.53 Å². The quantitative estimate of drug-likeness (QED) is 0.682. The second kappa shape index (κ2) is 9.69. The first-order chi connectivity index (χ1) is 14.0. The molecule has 5 heteroatoms. The summed E-state index contributed by atoms with van der Waals surface area (Å²) in [5.74, 6) is 0.567. The van der Waals surface area contributed by atoms with Crippen LogP contribution in [-0.4, -0.2) is 56.5 Å². The lowest BCUT2D eigenvalue weighted by molar-refractivity contribution is 0.0622. The van der Waals surface area contributed by atoms with Gasteiger partial charge in [-0.15, -0.1) is 0 Å². The minimum Gasteiger partial charge on any atom is -0.376 e. The minimum absolute atomic E-state index is 0.0373. The molecular weight excluding hydrogens is 362 g/mol. The molecule has 0 atom stereocenters. The highest BCUT2D eigenvalue weighted by atomic mass is 16.5. The van der Waals surface area contributed by atoms with E-state index >= 15 is 0 Å². The Hall–Kier alpha value is -2.68. The predicted octanol–water partition coefficient (Wildman–Crippen LogP) is 4.46. The average molecular weight is 392 g/mol. The number of nitrogens with zero attached hydrogens (tertiary/aromatic N) is 3. The normalized spacial score (nSPS) is 15.1. The summed E-state index contributed by atoms with van der Waals surface area (Å²) in [6.07, 6.45) is 2.34. The Morgan fingerprint density at radius 2 is 1.93 bits per heavy atom. The highest BCUT2D eigenvalue weighted by Crippen LogP contribution is 2.27. The molecule has 0 spiro atoms. The van der Waals surface area contributed by atoms with Crippen LogP contribution in [0, 0.1) is 12.5 Å². The molecule has 0 saturated carbocycles. The summed E-state index contributed by atoms with van der Waals surface area (Å²) >= 11 is 0. The highest BCUT2D eigenvalue weighted by Gasteiger charge is 2.17. The molecule has 5 nitrogen and oxygen atoms in total. The van der Waals surface area contributed by atoms with E-state index in [0.717, 1.165) is 36.4 Å². The molecule has 0 N–H and O–H groups in total. The van der Waals surface area contributed by atoms with Gasteiger partial charge in [-0.3, -0.25) is 4.79 Å².